The Morgan fingerprint density at radius 1 is 1.32 bits per heavy atom. The largest absolute Gasteiger partial charge is 0.495 e. The summed E-state index contributed by atoms with van der Waals surface area (Å²) in [5.74, 6) is 1.94. The molecule has 4 nitrogen and oxygen atoms in total. The number of ether oxygens (including phenoxy) is 1. The van der Waals surface area contributed by atoms with E-state index < -0.39 is 5.91 Å². The molecule has 1 aromatic rings. The highest BCUT2D eigenvalue weighted by molar-refractivity contribution is 5.94. The van der Waals surface area contributed by atoms with E-state index in [2.05, 4.69) is 5.32 Å². The third-order valence-corrected chi connectivity index (χ3v) is 4.07. The summed E-state index contributed by atoms with van der Waals surface area (Å²) in [6, 6.07) is 5.84. The molecular formula is C15H20N2O2. The lowest BCUT2D eigenvalue weighted by Crippen LogP contribution is -2.24. The number of nitrogens with two attached hydrogens (primary N) is 1. The fourth-order valence-electron chi connectivity index (χ4n) is 2.68. The summed E-state index contributed by atoms with van der Waals surface area (Å²) in [6.45, 7) is 0. The predicted octanol–water partition coefficient (Wildman–Crippen LogP) is 2.39. The molecule has 0 atom stereocenters. The van der Waals surface area contributed by atoms with Crippen LogP contribution in [0.25, 0.3) is 0 Å². The molecule has 0 bridgehead atoms. The summed E-state index contributed by atoms with van der Waals surface area (Å²) in [4.78, 5) is 11.3. The number of carbonyl (C=O) groups excluding carboxylic acids is 1. The van der Waals surface area contributed by atoms with Crippen LogP contribution in [0, 0.1) is 11.8 Å². The van der Waals surface area contributed by atoms with Gasteiger partial charge >= 0.3 is 0 Å². The Bertz CT molecular complexity index is 481. The van der Waals surface area contributed by atoms with Crippen LogP contribution in [-0.2, 0) is 0 Å². The summed E-state index contributed by atoms with van der Waals surface area (Å²) < 4.78 is 5.37. The fraction of sp³-hybridized carbons (Fsp3) is 0.533. The average molecular weight is 260 g/mol. The number of methoxy groups -OCH3 is 1. The first-order valence-electron chi connectivity index (χ1n) is 6.93. The Labute approximate surface area is 113 Å². The lowest BCUT2D eigenvalue weighted by Gasteiger charge is -2.21. The molecule has 1 aromatic carbocycles. The van der Waals surface area contributed by atoms with Crippen molar-refractivity contribution in [2.45, 2.75) is 31.7 Å². The molecule has 102 valence electrons. The molecule has 1 amide bonds. The number of rotatable bonds is 6. The maximum Gasteiger partial charge on any atom is 0.248 e. The van der Waals surface area contributed by atoms with Crippen molar-refractivity contribution in [1.82, 2.24) is 0 Å². The number of benzene rings is 1. The quantitative estimate of drug-likeness (QED) is 0.825. The number of anilines is 1. The zero-order valence-corrected chi connectivity index (χ0v) is 11.2. The molecule has 2 aliphatic carbocycles. The minimum atomic E-state index is -0.403. The summed E-state index contributed by atoms with van der Waals surface area (Å²) >= 11 is 0. The Morgan fingerprint density at radius 2 is 1.95 bits per heavy atom. The molecule has 0 aliphatic heterocycles. The van der Waals surface area contributed by atoms with Crippen molar-refractivity contribution in [2.75, 3.05) is 12.4 Å². The first-order valence-corrected chi connectivity index (χ1v) is 6.93. The van der Waals surface area contributed by atoms with E-state index in [4.69, 9.17) is 10.5 Å². The highest BCUT2D eigenvalue weighted by Gasteiger charge is 2.41. The number of primary amides is 1. The molecule has 0 radical (unpaired) electrons. The molecule has 3 rings (SSSR count). The minimum Gasteiger partial charge on any atom is -0.495 e. The molecule has 2 saturated carbocycles. The third-order valence-electron chi connectivity index (χ3n) is 4.07. The van der Waals surface area contributed by atoms with Gasteiger partial charge in [-0.3, -0.25) is 4.79 Å². The van der Waals surface area contributed by atoms with E-state index in [1.54, 1.807) is 25.3 Å². The van der Waals surface area contributed by atoms with E-state index in [1.807, 2.05) is 0 Å². The Kier molecular flexibility index (Phi) is 3.09. The molecule has 0 spiro atoms. The Balaban J connectivity index is 1.84. The van der Waals surface area contributed by atoms with Crippen molar-refractivity contribution in [1.29, 1.82) is 0 Å². The standard InChI is InChI=1S/C15H20N2O2/c1-19-13-7-6-11(15(16)18)8-12(13)17-14(9-2-3-9)10-4-5-10/h6-10,14,17H,2-5H2,1H3,(H2,16,18). The van der Waals surface area contributed by atoms with Gasteiger partial charge in [0.1, 0.15) is 5.75 Å². The van der Waals surface area contributed by atoms with Crippen molar-refractivity contribution in [3.05, 3.63) is 23.8 Å². The second-order valence-corrected chi connectivity index (χ2v) is 5.62. The van der Waals surface area contributed by atoms with Crippen LogP contribution in [-0.4, -0.2) is 19.1 Å². The smallest absolute Gasteiger partial charge is 0.248 e. The van der Waals surface area contributed by atoms with Crippen LogP contribution < -0.4 is 15.8 Å². The number of hydrogen-bond donors (Lipinski definition) is 2. The lowest BCUT2D eigenvalue weighted by atomic mass is 10.1. The molecule has 2 aliphatic rings. The monoisotopic (exact) mass is 260 g/mol. The molecule has 0 heterocycles. The molecule has 3 N–H and O–H groups in total. The van der Waals surface area contributed by atoms with E-state index in [0.29, 0.717) is 11.6 Å². The molecule has 4 heteroatoms. The van der Waals surface area contributed by atoms with E-state index in [-0.39, 0.29) is 0 Å². The first kappa shape index (κ1) is 12.3. The SMILES string of the molecule is COc1ccc(C(N)=O)cc1NC(C1CC1)C1CC1. The maximum atomic E-state index is 11.3. The number of hydrogen-bond acceptors (Lipinski definition) is 3. The van der Waals surface area contributed by atoms with Gasteiger partial charge in [-0.1, -0.05) is 0 Å². The summed E-state index contributed by atoms with van der Waals surface area (Å²) in [7, 11) is 1.65. The average Bonchev–Trinajstić information content (AvgIpc) is 3.29. The number of carbonyl (C=O) groups is 1. The van der Waals surface area contributed by atoms with Gasteiger partial charge in [-0.2, -0.15) is 0 Å². The fourth-order valence-corrected chi connectivity index (χ4v) is 2.68. The van der Waals surface area contributed by atoms with Gasteiger partial charge in [-0.05, 0) is 55.7 Å². The van der Waals surface area contributed by atoms with Gasteiger partial charge in [0.05, 0.1) is 12.8 Å². The molecule has 0 saturated heterocycles. The van der Waals surface area contributed by atoms with E-state index in [9.17, 15) is 4.79 Å². The molecule has 19 heavy (non-hydrogen) atoms. The van der Waals surface area contributed by atoms with Gasteiger partial charge in [0.2, 0.25) is 5.91 Å². The van der Waals surface area contributed by atoms with Crippen molar-refractivity contribution in [3.8, 4) is 5.75 Å². The summed E-state index contributed by atoms with van der Waals surface area (Å²) in [6.07, 6.45) is 5.25. The second-order valence-electron chi connectivity index (χ2n) is 5.62. The van der Waals surface area contributed by atoms with Crippen molar-refractivity contribution < 1.29 is 9.53 Å². The van der Waals surface area contributed by atoms with Gasteiger partial charge in [0, 0.05) is 11.6 Å². The van der Waals surface area contributed by atoms with Crippen LogP contribution in [0.15, 0.2) is 18.2 Å². The second kappa shape index (κ2) is 4.76. The molecule has 0 aromatic heterocycles. The maximum absolute atomic E-state index is 11.3. The topological polar surface area (TPSA) is 64.3 Å². The number of amides is 1. The van der Waals surface area contributed by atoms with Gasteiger partial charge in [-0.25, -0.2) is 0 Å². The Hall–Kier alpha value is -1.71. The van der Waals surface area contributed by atoms with Gasteiger partial charge in [0.25, 0.3) is 0 Å². The van der Waals surface area contributed by atoms with Gasteiger partial charge in [-0.15, -0.1) is 0 Å². The molecular weight excluding hydrogens is 240 g/mol. The van der Waals surface area contributed by atoms with Crippen LogP contribution in [0.3, 0.4) is 0 Å². The summed E-state index contributed by atoms with van der Waals surface area (Å²) in [5.41, 5.74) is 6.75. The van der Waals surface area contributed by atoms with Crippen LogP contribution in [0.5, 0.6) is 5.75 Å². The predicted molar refractivity (Wildman–Crippen MR) is 74.4 cm³/mol. The highest BCUT2D eigenvalue weighted by Crippen LogP contribution is 2.46. The minimum absolute atomic E-state index is 0.403. The number of nitrogens with one attached hydrogen (secondary N) is 1. The highest BCUT2D eigenvalue weighted by atomic mass is 16.5. The molecule has 2 fully saturated rings. The van der Waals surface area contributed by atoms with Crippen molar-refractivity contribution >= 4 is 11.6 Å². The van der Waals surface area contributed by atoms with Crippen LogP contribution in [0.1, 0.15) is 36.0 Å². The van der Waals surface area contributed by atoms with Crippen molar-refractivity contribution in [2.24, 2.45) is 17.6 Å². The van der Waals surface area contributed by atoms with E-state index in [1.165, 1.54) is 25.7 Å². The van der Waals surface area contributed by atoms with Crippen LogP contribution in [0.4, 0.5) is 5.69 Å². The first-order chi connectivity index (χ1) is 9.19. The summed E-state index contributed by atoms with van der Waals surface area (Å²) in [5, 5.41) is 3.58. The van der Waals surface area contributed by atoms with E-state index in [0.717, 1.165) is 23.3 Å². The zero-order chi connectivity index (χ0) is 13.4. The lowest BCUT2D eigenvalue weighted by molar-refractivity contribution is 0.100. The normalized spacial score (nSPS) is 18.4. The molecule has 0 unspecified atom stereocenters. The van der Waals surface area contributed by atoms with Crippen molar-refractivity contribution in [3.63, 3.8) is 0 Å². The van der Waals surface area contributed by atoms with E-state index >= 15 is 0 Å². The Morgan fingerprint density at radius 3 is 2.42 bits per heavy atom. The van der Waals surface area contributed by atoms with Gasteiger partial charge < -0.3 is 15.8 Å². The third kappa shape index (κ3) is 2.67. The zero-order valence-electron chi connectivity index (χ0n) is 11.2. The van der Waals surface area contributed by atoms with Crippen LogP contribution >= 0.6 is 0 Å². The van der Waals surface area contributed by atoms with Gasteiger partial charge in [0.15, 0.2) is 0 Å². The van der Waals surface area contributed by atoms with Crippen LogP contribution in [0.2, 0.25) is 0 Å².